The third-order valence-corrected chi connectivity index (χ3v) is 4.01. The van der Waals surface area contributed by atoms with E-state index in [1.54, 1.807) is 6.07 Å². The van der Waals surface area contributed by atoms with Crippen molar-refractivity contribution in [1.82, 2.24) is 10.6 Å². The van der Waals surface area contributed by atoms with E-state index in [9.17, 15) is 18.0 Å². The Labute approximate surface area is 135 Å². The molecule has 0 radical (unpaired) electrons. The first kappa shape index (κ1) is 17.1. The fourth-order valence-electron chi connectivity index (χ4n) is 1.91. The highest BCUT2D eigenvalue weighted by atomic mass is 32.1. The van der Waals surface area contributed by atoms with Gasteiger partial charge in [-0.15, -0.1) is 24.5 Å². The number of alkyl halides is 3. The number of hydrogen-bond acceptors (Lipinski definition) is 3. The molecule has 4 nitrogen and oxygen atoms in total. The van der Waals surface area contributed by atoms with Crippen LogP contribution < -0.4 is 15.4 Å². The lowest BCUT2D eigenvalue weighted by molar-refractivity contribution is -0.274. The molecule has 1 aromatic carbocycles. The zero-order valence-electron chi connectivity index (χ0n) is 12.2. The quantitative estimate of drug-likeness (QED) is 0.854. The molecule has 0 fully saturated rings. The highest BCUT2D eigenvalue weighted by Crippen LogP contribution is 2.26. The summed E-state index contributed by atoms with van der Waals surface area (Å²) in [5, 5.41) is 7.14. The molecule has 0 bridgehead atoms. The van der Waals surface area contributed by atoms with Gasteiger partial charge in [-0.25, -0.2) is 4.79 Å². The van der Waals surface area contributed by atoms with Gasteiger partial charge in [0.2, 0.25) is 0 Å². The van der Waals surface area contributed by atoms with Gasteiger partial charge >= 0.3 is 12.4 Å². The van der Waals surface area contributed by atoms with Gasteiger partial charge in [0.1, 0.15) is 5.75 Å². The maximum absolute atomic E-state index is 12.3. The van der Waals surface area contributed by atoms with E-state index in [4.69, 9.17) is 0 Å². The van der Waals surface area contributed by atoms with Gasteiger partial charge in [0.15, 0.2) is 0 Å². The Bertz CT molecular complexity index is 644. The number of halogens is 3. The minimum absolute atomic E-state index is 0.0742. The maximum Gasteiger partial charge on any atom is 0.573 e. The van der Waals surface area contributed by atoms with E-state index in [0.29, 0.717) is 0 Å². The second-order valence-electron chi connectivity index (χ2n) is 4.72. The van der Waals surface area contributed by atoms with E-state index in [0.717, 1.165) is 4.88 Å². The molecule has 0 saturated carbocycles. The fourth-order valence-corrected chi connectivity index (χ4v) is 2.64. The smallest absolute Gasteiger partial charge is 0.405 e. The number of carbonyl (C=O) groups is 1. The predicted molar refractivity (Wildman–Crippen MR) is 81.2 cm³/mol. The molecule has 2 rings (SSSR count). The molecule has 1 heterocycles. The summed E-state index contributed by atoms with van der Waals surface area (Å²) in [7, 11) is 0. The van der Waals surface area contributed by atoms with E-state index in [1.165, 1.54) is 29.5 Å². The van der Waals surface area contributed by atoms with Crippen LogP contribution in [0.25, 0.3) is 0 Å². The van der Waals surface area contributed by atoms with Gasteiger partial charge in [0.25, 0.3) is 0 Å². The highest BCUT2D eigenvalue weighted by Gasteiger charge is 2.31. The van der Waals surface area contributed by atoms with Gasteiger partial charge < -0.3 is 15.4 Å². The highest BCUT2D eigenvalue weighted by molar-refractivity contribution is 7.10. The number of ether oxygens (including phenoxy) is 1. The molecule has 1 aromatic heterocycles. The molecule has 0 spiro atoms. The van der Waals surface area contributed by atoms with E-state index < -0.39 is 12.4 Å². The van der Waals surface area contributed by atoms with Crippen molar-refractivity contribution in [3.63, 3.8) is 0 Å². The zero-order chi connectivity index (χ0) is 16.9. The number of benzene rings is 1. The summed E-state index contributed by atoms with van der Waals surface area (Å²) < 4.78 is 40.9. The van der Waals surface area contributed by atoms with Crippen molar-refractivity contribution < 1.29 is 22.7 Å². The second kappa shape index (κ2) is 7.36. The number of rotatable bonds is 5. The van der Waals surface area contributed by atoms with Crippen LogP contribution in [0.15, 0.2) is 41.8 Å². The van der Waals surface area contributed by atoms with Crippen LogP contribution in [0, 0.1) is 0 Å². The first-order valence-electron chi connectivity index (χ1n) is 6.76. The Morgan fingerprint density at radius 2 is 2.00 bits per heavy atom. The Balaban J connectivity index is 1.91. The number of carbonyl (C=O) groups excluding carboxylic acids is 1. The average molecular weight is 344 g/mol. The summed E-state index contributed by atoms with van der Waals surface area (Å²) in [6, 6.07) is 8.80. The zero-order valence-corrected chi connectivity index (χ0v) is 13.0. The molecule has 0 aliphatic heterocycles. The van der Waals surface area contributed by atoms with Crippen molar-refractivity contribution >= 4 is 17.4 Å². The number of hydrogen-bond donors (Lipinski definition) is 2. The van der Waals surface area contributed by atoms with Gasteiger partial charge in [-0.3, -0.25) is 0 Å². The SMILES string of the molecule is CC(NC(=O)NCc1ccccc1OC(F)(F)F)c1cccs1. The van der Waals surface area contributed by atoms with E-state index in [-0.39, 0.29) is 23.9 Å². The summed E-state index contributed by atoms with van der Waals surface area (Å²) in [5.74, 6) is -0.327. The van der Waals surface area contributed by atoms with Crippen molar-refractivity contribution in [3.8, 4) is 5.75 Å². The lowest BCUT2D eigenvalue weighted by atomic mass is 10.2. The summed E-state index contributed by atoms with van der Waals surface area (Å²) >= 11 is 1.51. The minimum atomic E-state index is -4.77. The molecule has 2 aromatic rings. The van der Waals surface area contributed by atoms with Crippen molar-refractivity contribution in [3.05, 3.63) is 52.2 Å². The predicted octanol–water partition coefficient (Wildman–Crippen LogP) is 4.21. The summed E-state index contributed by atoms with van der Waals surface area (Å²) in [4.78, 5) is 12.8. The van der Waals surface area contributed by atoms with Gasteiger partial charge in [-0.05, 0) is 24.4 Å². The van der Waals surface area contributed by atoms with Crippen LogP contribution in [0.1, 0.15) is 23.4 Å². The van der Waals surface area contributed by atoms with Crippen LogP contribution in [0.2, 0.25) is 0 Å². The first-order chi connectivity index (χ1) is 10.8. The van der Waals surface area contributed by atoms with Crippen LogP contribution in [0.4, 0.5) is 18.0 Å². The van der Waals surface area contributed by atoms with E-state index in [1.807, 2.05) is 24.4 Å². The molecule has 2 amide bonds. The van der Waals surface area contributed by atoms with Crippen LogP contribution in [-0.4, -0.2) is 12.4 Å². The van der Waals surface area contributed by atoms with Gasteiger partial charge in [-0.2, -0.15) is 0 Å². The normalized spacial score (nSPS) is 12.5. The van der Waals surface area contributed by atoms with E-state index in [2.05, 4.69) is 15.4 Å². The van der Waals surface area contributed by atoms with Gasteiger partial charge in [0, 0.05) is 17.0 Å². The number of amides is 2. The second-order valence-corrected chi connectivity index (χ2v) is 5.70. The lowest BCUT2D eigenvalue weighted by Crippen LogP contribution is -2.36. The average Bonchev–Trinajstić information content (AvgIpc) is 2.99. The Hall–Kier alpha value is -2.22. The number of nitrogens with one attached hydrogen (secondary N) is 2. The molecule has 1 unspecified atom stereocenters. The first-order valence-corrected chi connectivity index (χ1v) is 7.64. The molecule has 23 heavy (non-hydrogen) atoms. The number of urea groups is 1. The van der Waals surface area contributed by atoms with Crippen LogP contribution >= 0.6 is 11.3 Å². The Kier molecular flexibility index (Phi) is 5.49. The number of para-hydroxylation sites is 1. The Morgan fingerprint density at radius 1 is 1.26 bits per heavy atom. The van der Waals surface area contributed by atoms with Crippen LogP contribution in [0.3, 0.4) is 0 Å². The standard InChI is InChI=1S/C15H15F3N2O2S/c1-10(13-7-4-8-23-13)20-14(21)19-9-11-5-2-3-6-12(11)22-15(16,17)18/h2-8,10H,9H2,1H3,(H2,19,20,21). The monoisotopic (exact) mass is 344 g/mol. The summed E-state index contributed by atoms with van der Waals surface area (Å²) in [6.07, 6.45) is -4.77. The van der Waals surface area contributed by atoms with Crippen molar-refractivity contribution in [1.29, 1.82) is 0 Å². The molecule has 0 aliphatic carbocycles. The van der Waals surface area contributed by atoms with Crippen LogP contribution in [0.5, 0.6) is 5.75 Å². The lowest BCUT2D eigenvalue weighted by Gasteiger charge is -2.15. The van der Waals surface area contributed by atoms with Crippen molar-refractivity contribution in [2.45, 2.75) is 25.9 Å². The molecule has 0 aliphatic rings. The summed E-state index contributed by atoms with van der Waals surface area (Å²) in [5.41, 5.74) is 0.240. The molecular weight excluding hydrogens is 329 g/mol. The molecular formula is C15H15F3N2O2S. The molecule has 1 atom stereocenters. The maximum atomic E-state index is 12.3. The van der Waals surface area contributed by atoms with E-state index >= 15 is 0 Å². The Morgan fingerprint density at radius 3 is 2.65 bits per heavy atom. The molecule has 8 heteroatoms. The third kappa shape index (κ3) is 5.48. The largest absolute Gasteiger partial charge is 0.573 e. The van der Waals surface area contributed by atoms with Crippen LogP contribution in [-0.2, 0) is 6.54 Å². The van der Waals surface area contributed by atoms with Gasteiger partial charge in [0.05, 0.1) is 6.04 Å². The topological polar surface area (TPSA) is 50.4 Å². The van der Waals surface area contributed by atoms with Crippen molar-refractivity contribution in [2.24, 2.45) is 0 Å². The fraction of sp³-hybridized carbons (Fsp3) is 0.267. The van der Waals surface area contributed by atoms with Crippen molar-refractivity contribution in [2.75, 3.05) is 0 Å². The summed E-state index contributed by atoms with van der Waals surface area (Å²) in [6.45, 7) is 1.75. The molecule has 0 saturated heterocycles. The third-order valence-electron chi connectivity index (χ3n) is 2.96. The number of thiophene rings is 1. The van der Waals surface area contributed by atoms with Gasteiger partial charge in [-0.1, -0.05) is 24.3 Å². The minimum Gasteiger partial charge on any atom is -0.405 e. The molecule has 2 N–H and O–H groups in total. The molecule has 124 valence electrons.